The molecule has 2 heterocycles. The molecule has 0 amide bonds. The van der Waals surface area contributed by atoms with Crippen molar-refractivity contribution in [2.75, 3.05) is 0 Å². The Bertz CT molecular complexity index is 1430. The van der Waals surface area contributed by atoms with Gasteiger partial charge in [0.25, 0.3) is 0 Å². The Morgan fingerprint density at radius 1 is 1.03 bits per heavy atom. The van der Waals surface area contributed by atoms with Crippen LogP contribution in [0, 0.1) is 12.8 Å². The Morgan fingerprint density at radius 2 is 1.75 bits per heavy atom. The normalized spacial score (nSPS) is 12.7. The van der Waals surface area contributed by atoms with Crippen LogP contribution >= 0.6 is 0 Å². The maximum atomic E-state index is 13.1. The molecule has 0 unspecified atom stereocenters. The van der Waals surface area contributed by atoms with E-state index in [1.807, 2.05) is 57.2 Å². The van der Waals surface area contributed by atoms with Gasteiger partial charge < -0.3 is 9.30 Å². The standard InChI is InChI=1S/C27H30N4O4S/c1-19(2)15-24(27(32)35-18-22-7-5-4-6-8-22)30-36(33,34)23-11-9-21(10-12-23)17-31-20(3)29-25-16-28-14-13-26(25)31/h4-14,16,19,24,30H,15,17-18H2,1-3H3/t24-/m0/s1. The molecule has 4 aromatic rings. The molecule has 4 rings (SSSR count). The van der Waals surface area contributed by atoms with Crippen LogP contribution in [0.5, 0.6) is 0 Å². The summed E-state index contributed by atoms with van der Waals surface area (Å²) in [5.74, 6) is 0.347. The lowest BCUT2D eigenvalue weighted by Crippen LogP contribution is -2.42. The van der Waals surface area contributed by atoms with Gasteiger partial charge in [-0.2, -0.15) is 4.72 Å². The number of rotatable bonds is 10. The van der Waals surface area contributed by atoms with Gasteiger partial charge in [0.15, 0.2) is 0 Å². The van der Waals surface area contributed by atoms with Crippen molar-refractivity contribution in [3.63, 3.8) is 0 Å². The van der Waals surface area contributed by atoms with Gasteiger partial charge in [0.2, 0.25) is 10.0 Å². The number of carbonyl (C=O) groups is 1. The quantitative estimate of drug-likeness (QED) is 0.323. The first-order valence-electron chi connectivity index (χ1n) is 11.8. The van der Waals surface area contributed by atoms with Gasteiger partial charge in [0.05, 0.1) is 16.6 Å². The third-order valence-electron chi connectivity index (χ3n) is 5.83. The van der Waals surface area contributed by atoms with E-state index in [1.165, 1.54) is 0 Å². The summed E-state index contributed by atoms with van der Waals surface area (Å²) in [6.45, 7) is 6.41. The zero-order valence-electron chi connectivity index (χ0n) is 20.6. The molecule has 8 nitrogen and oxygen atoms in total. The highest BCUT2D eigenvalue weighted by atomic mass is 32.2. The summed E-state index contributed by atoms with van der Waals surface area (Å²) in [5, 5.41) is 0. The summed E-state index contributed by atoms with van der Waals surface area (Å²) in [6.07, 6.45) is 3.77. The molecule has 0 saturated heterocycles. The Morgan fingerprint density at radius 3 is 2.44 bits per heavy atom. The number of aromatic nitrogens is 3. The van der Waals surface area contributed by atoms with Crippen LogP contribution < -0.4 is 4.72 Å². The lowest BCUT2D eigenvalue weighted by molar-refractivity contribution is -0.147. The molecule has 9 heteroatoms. The average molecular weight is 507 g/mol. The summed E-state index contributed by atoms with van der Waals surface area (Å²) in [7, 11) is -3.93. The molecule has 0 radical (unpaired) electrons. The van der Waals surface area contributed by atoms with E-state index in [-0.39, 0.29) is 17.4 Å². The van der Waals surface area contributed by atoms with E-state index in [0.717, 1.165) is 28.0 Å². The van der Waals surface area contributed by atoms with Crippen LogP contribution in [0.25, 0.3) is 11.0 Å². The Balaban J connectivity index is 1.46. The molecule has 0 saturated carbocycles. The fraction of sp³-hybridized carbons (Fsp3) is 0.296. The predicted molar refractivity (Wildman–Crippen MR) is 138 cm³/mol. The van der Waals surface area contributed by atoms with Crippen LogP contribution in [0.1, 0.15) is 37.2 Å². The summed E-state index contributed by atoms with van der Waals surface area (Å²) in [4.78, 5) is 21.5. The first kappa shape index (κ1) is 25.5. The topological polar surface area (TPSA) is 103 Å². The number of pyridine rings is 1. The number of ether oxygens (including phenoxy) is 1. The number of nitrogens with one attached hydrogen (secondary N) is 1. The minimum Gasteiger partial charge on any atom is -0.460 e. The first-order valence-corrected chi connectivity index (χ1v) is 13.3. The average Bonchev–Trinajstić information content (AvgIpc) is 3.17. The molecule has 0 spiro atoms. The lowest BCUT2D eigenvalue weighted by atomic mass is 10.1. The molecular formula is C27H30N4O4S. The van der Waals surface area contributed by atoms with Crippen molar-refractivity contribution in [1.29, 1.82) is 0 Å². The number of aryl methyl sites for hydroxylation is 1. The highest BCUT2D eigenvalue weighted by Gasteiger charge is 2.28. The highest BCUT2D eigenvalue weighted by molar-refractivity contribution is 7.89. The van der Waals surface area contributed by atoms with Gasteiger partial charge in [-0.3, -0.25) is 9.78 Å². The highest BCUT2D eigenvalue weighted by Crippen LogP contribution is 2.19. The van der Waals surface area contributed by atoms with Crippen molar-refractivity contribution in [2.24, 2.45) is 5.92 Å². The Hall–Kier alpha value is -3.56. The van der Waals surface area contributed by atoms with Crippen LogP contribution in [0.15, 0.2) is 78.0 Å². The smallest absolute Gasteiger partial charge is 0.324 e. The molecule has 0 aliphatic carbocycles. The summed E-state index contributed by atoms with van der Waals surface area (Å²) >= 11 is 0. The number of hydrogen-bond donors (Lipinski definition) is 1. The molecule has 188 valence electrons. The molecule has 0 aliphatic heterocycles. The molecule has 2 aromatic carbocycles. The van der Waals surface area contributed by atoms with E-state index in [9.17, 15) is 13.2 Å². The summed E-state index contributed by atoms with van der Waals surface area (Å²) in [6, 6.07) is 16.9. The van der Waals surface area contributed by atoms with Gasteiger partial charge >= 0.3 is 5.97 Å². The van der Waals surface area contributed by atoms with Crippen LogP contribution in [0.3, 0.4) is 0 Å². The predicted octanol–water partition coefficient (Wildman–Crippen LogP) is 4.22. The zero-order valence-corrected chi connectivity index (χ0v) is 21.4. The SMILES string of the molecule is Cc1nc2cnccc2n1Cc1ccc(S(=O)(=O)N[C@@H](CC(C)C)C(=O)OCc2ccccc2)cc1. The van der Waals surface area contributed by atoms with E-state index < -0.39 is 22.0 Å². The summed E-state index contributed by atoms with van der Waals surface area (Å²) in [5.41, 5.74) is 3.54. The van der Waals surface area contributed by atoms with Crippen molar-refractivity contribution in [3.8, 4) is 0 Å². The summed E-state index contributed by atoms with van der Waals surface area (Å²) < 4.78 is 36.3. The lowest BCUT2D eigenvalue weighted by Gasteiger charge is -2.19. The van der Waals surface area contributed by atoms with Crippen molar-refractivity contribution < 1.29 is 17.9 Å². The van der Waals surface area contributed by atoms with E-state index in [2.05, 4.69) is 19.3 Å². The number of hydrogen-bond acceptors (Lipinski definition) is 6. The minimum absolute atomic E-state index is 0.0864. The minimum atomic E-state index is -3.93. The Labute approximate surface area is 211 Å². The third kappa shape index (κ3) is 6.16. The van der Waals surface area contributed by atoms with Crippen LogP contribution in [0.4, 0.5) is 0 Å². The second kappa shape index (κ2) is 11.0. The third-order valence-corrected chi connectivity index (χ3v) is 7.32. The largest absolute Gasteiger partial charge is 0.460 e. The number of sulfonamides is 1. The maximum Gasteiger partial charge on any atom is 0.324 e. The van der Waals surface area contributed by atoms with Crippen molar-refractivity contribution in [1.82, 2.24) is 19.3 Å². The van der Waals surface area contributed by atoms with Crippen molar-refractivity contribution >= 4 is 27.0 Å². The van der Waals surface area contributed by atoms with Crippen LogP contribution in [0.2, 0.25) is 0 Å². The first-order chi connectivity index (χ1) is 17.2. The monoisotopic (exact) mass is 506 g/mol. The number of carbonyl (C=O) groups excluding carboxylic acids is 1. The van der Waals surface area contributed by atoms with Gasteiger partial charge in [-0.05, 0) is 48.6 Å². The van der Waals surface area contributed by atoms with E-state index in [0.29, 0.717) is 13.0 Å². The second-order valence-electron chi connectivity index (χ2n) is 9.15. The molecule has 0 fully saturated rings. The molecular weight excluding hydrogens is 476 g/mol. The van der Waals surface area contributed by atoms with Gasteiger partial charge in [-0.15, -0.1) is 0 Å². The molecule has 2 aromatic heterocycles. The van der Waals surface area contributed by atoms with E-state index >= 15 is 0 Å². The number of fused-ring (bicyclic) bond motifs is 1. The van der Waals surface area contributed by atoms with E-state index in [4.69, 9.17) is 4.74 Å². The number of benzene rings is 2. The molecule has 1 N–H and O–H groups in total. The molecule has 0 bridgehead atoms. The fourth-order valence-electron chi connectivity index (χ4n) is 4.01. The van der Waals surface area contributed by atoms with Gasteiger partial charge in [0, 0.05) is 12.7 Å². The van der Waals surface area contributed by atoms with Crippen molar-refractivity contribution in [3.05, 3.63) is 90.0 Å². The number of esters is 1. The van der Waals surface area contributed by atoms with Crippen LogP contribution in [-0.2, 0) is 32.7 Å². The molecule has 0 aliphatic rings. The fourth-order valence-corrected chi connectivity index (χ4v) is 5.20. The van der Waals surface area contributed by atoms with Crippen molar-refractivity contribution in [2.45, 2.75) is 51.3 Å². The Kier molecular flexibility index (Phi) is 7.81. The van der Waals surface area contributed by atoms with Crippen LogP contribution in [-0.4, -0.2) is 35.0 Å². The zero-order chi connectivity index (χ0) is 25.7. The maximum absolute atomic E-state index is 13.1. The van der Waals surface area contributed by atoms with Gasteiger partial charge in [-0.1, -0.05) is 56.3 Å². The van der Waals surface area contributed by atoms with E-state index in [1.54, 1.807) is 36.7 Å². The van der Waals surface area contributed by atoms with Gasteiger partial charge in [0.1, 0.15) is 24.0 Å². The van der Waals surface area contributed by atoms with Gasteiger partial charge in [-0.25, -0.2) is 13.4 Å². The molecule has 36 heavy (non-hydrogen) atoms. The molecule has 1 atom stereocenters. The number of imidazole rings is 1. The second-order valence-corrected chi connectivity index (χ2v) is 10.9. The number of nitrogens with zero attached hydrogens (tertiary/aromatic N) is 3.